The van der Waals surface area contributed by atoms with Crippen molar-refractivity contribution in [2.75, 3.05) is 0 Å². The molecule has 1 saturated heterocycles. The third-order valence-electron chi connectivity index (χ3n) is 3.69. The van der Waals surface area contributed by atoms with E-state index in [-0.39, 0.29) is 0 Å². The van der Waals surface area contributed by atoms with Crippen LogP contribution in [-0.2, 0) is 4.74 Å². The third kappa shape index (κ3) is 2.22. The van der Waals surface area contributed by atoms with E-state index in [1.807, 2.05) is 11.3 Å². The molecular formula is C13H19BrOS. The highest BCUT2D eigenvalue weighted by Gasteiger charge is 2.41. The van der Waals surface area contributed by atoms with Crippen LogP contribution in [0, 0.1) is 18.8 Å². The Morgan fingerprint density at radius 2 is 1.94 bits per heavy atom. The van der Waals surface area contributed by atoms with Gasteiger partial charge in [0.25, 0.3) is 0 Å². The maximum absolute atomic E-state index is 5.91. The molecular weight excluding hydrogens is 284 g/mol. The lowest BCUT2D eigenvalue weighted by molar-refractivity contribution is 0.0511. The minimum absolute atomic E-state index is 0.344. The fourth-order valence-corrected chi connectivity index (χ4v) is 4.85. The van der Waals surface area contributed by atoms with E-state index < -0.39 is 0 Å². The van der Waals surface area contributed by atoms with Gasteiger partial charge >= 0.3 is 0 Å². The first kappa shape index (κ1) is 12.6. The molecule has 5 unspecified atom stereocenters. The molecule has 16 heavy (non-hydrogen) atoms. The monoisotopic (exact) mass is 302 g/mol. The Balaban J connectivity index is 2.18. The van der Waals surface area contributed by atoms with Gasteiger partial charge in [0, 0.05) is 15.7 Å². The van der Waals surface area contributed by atoms with Gasteiger partial charge in [-0.2, -0.15) is 0 Å². The number of rotatable bonds is 2. The first-order valence-corrected chi connectivity index (χ1v) is 7.59. The number of hydrogen-bond acceptors (Lipinski definition) is 2. The molecule has 1 aromatic heterocycles. The largest absolute Gasteiger partial charge is 0.375 e. The predicted molar refractivity (Wildman–Crippen MR) is 73.4 cm³/mol. The third-order valence-corrected chi connectivity index (χ3v) is 6.18. The summed E-state index contributed by atoms with van der Waals surface area (Å²) in [5.74, 6) is 1.19. The number of alkyl halides is 1. The highest BCUT2D eigenvalue weighted by molar-refractivity contribution is 9.09. The molecule has 0 amide bonds. The maximum atomic E-state index is 5.91. The number of ether oxygens (including phenoxy) is 1. The highest BCUT2D eigenvalue weighted by atomic mass is 79.9. The summed E-state index contributed by atoms with van der Waals surface area (Å²) in [6.45, 7) is 8.84. The molecule has 3 heteroatoms. The van der Waals surface area contributed by atoms with Crippen LogP contribution in [-0.4, -0.2) is 12.2 Å². The summed E-state index contributed by atoms with van der Waals surface area (Å²) in [5, 5.41) is 0. The topological polar surface area (TPSA) is 9.23 Å². The summed E-state index contributed by atoms with van der Waals surface area (Å²) in [6.07, 6.45) is 0.720. The van der Waals surface area contributed by atoms with Gasteiger partial charge in [-0.1, -0.05) is 22.9 Å². The minimum atomic E-state index is 0.344. The van der Waals surface area contributed by atoms with Crippen molar-refractivity contribution in [3.63, 3.8) is 0 Å². The summed E-state index contributed by atoms with van der Waals surface area (Å²) in [4.78, 5) is 3.24. The van der Waals surface area contributed by atoms with E-state index in [1.54, 1.807) is 0 Å². The maximum Gasteiger partial charge on any atom is 0.0596 e. The Labute approximate surface area is 110 Å². The second kappa shape index (κ2) is 4.79. The molecule has 0 N–H and O–H groups in total. The summed E-state index contributed by atoms with van der Waals surface area (Å²) >= 11 is 5.75. The molecule has 0 aliphatic carbocycles. The SMILES string of the molecule is Cc1ccc(C(Br)C2C(C)OC(C)C2C)s1. The van der Waals surface area contributed by atoms with Crippen molar-refractivity contribution in [1.29, 1.82) is 0 Å². The Bertz CT molecular complexity index is 363. The molecule has 1 aliphatic rings. The minimum Gasteiger partial charge on any atom is -0.375 e. The fourth-order valence-electron chi connectivity index (χ4n) is 2.59. The molecule has 2 heterocycles. The van der Waals surface area contributed by atoms with Crippen molar-refractivity contribution in [3.05, 3.63) is 21.9 Å². The predicted octanol–water partition coefficient (Wildman–Crippen LogP) is 4.55. The molecule has 0 bridgehead atoms. The van der Waals surface area contributed by atoms with E-state index in [0.29, 0.717) is 28.9 Å². The Hall–Kier alpha value is 0.140. The molecule has 1 aliphatic heterocycles. The zero-order valence-electron chi connectivity index (χ0n) is 10.2. The Morgan fingerprint density at radius 1 is 1.25 bits per heavy atom. The Kier molecular flexibility index (Phi) is 3.77. The lowest BCUT2D eigenvalue weighted by Crippen LogP contribution is -2.21. The fraction of sp³-hybridized carbons (Fsp3) is 0.692. The summed E-state index contributed by atoms with van der Waals surface area (Å²) in [5.41, 5.74) is 0. The van der Waals surface area contributed by atoms with Crippen molar-refractivity contribution in [3.8, 4) is 0 Å². The molecule has 2 rings (SSSR count). The smallest absolute Gasteiger partial charge is 0.0596 e. The van der Waals surface area contributed by atoms with Gasteiger partial charge in [0.05, 0.1) is 17.0 Å². The van der Waals surface area contributed by atoms with Crippen LogP contribution < -0.4 is 0 Å². The summed E-state index contributed by atoms with van der Waals surface area (Å²) < 4.78 is 5.91. The number of hydrogen-bond donors (Lipinski definition) is 0. The lowest BCUT2D eigenvalue weighted by atomic mass is 9.86. The van der Waals surface area contributed by atoms with Crippen LogP contribution in [0.3, 0.4) is 0 Å². The first-order valence-electron chi connectivity index (χ1n) is 5.86. The van der Waals surface area contributed by atoms with E-state index >= 15 is 0 Å². The zero-order valence-corrected chi connectivity index (χ0v) is 12.6. The first-order chi connectivity index (χ1) is 7.50. The second-order valence-corrected chi connectivity index (χ2v) is 7.14. The van der Waals surface area contributed by atoms with Gasteiger partial charge < -0.3 is 4.74 Å². The van der Waals surface area contributed by atoms with E-state index in [0.717, 1.165) is 0 Å². The molecule has 0 radical (unpaired) electrons. The van der Waals surface area contributed by atoms with Crippen LogP contribution in [0.4, 0.5) is 0 Å². The van der Waals surface area contributed by atoms with E-state index in [1.165, 1.54) is 9.75 Å². The van der Waals surface area contributed by atoms with E-state index in [9.17, 15) is 0 Å². The van der Waals surface area contributed by atoms with Gasteiger partial charge in [-0.3, -0.25) is 0 Å². The number of thiophene rings is 1. The van der Waals surface area contributed by atoms with E-state index in [4.69, 9.17) is 4.74 Å². The van der Waals surface area contributed by atoms with Gasteiger partial charge in [0.1, 0.15) is 0 Å². The van der Waals surface area contributed by atoms with Crippen molar-refractivity contribution in [1.82, 2.24) is 0 Å². The van der Waals surface area contributed by atoms with Crippen molar-refractivity contribution >= 4 is 27.3 Å². The average Bonchev–Trinajstić information content (AvgIpc) is 2.73. The Morgan fingerprint density at radius 3 is 2.38 bits per heavy atom. The van der Waals surface area contributed by atoms with Crippen molar-refractivity contribution < 1.29 is 4.74 Å². The van der Waals surface area contributed by atoms with Crippen LogP contribution >= 0.6 is 27.3 Å². The van der Waals surface area contributed by atoms with Gasteiger partial charge in [-0.05, 0) is 38.8 Å². The summed E-state index contributed by atoms with van der Waals surface area (Å²) in [7, 11) is 0. The van der Waals surface area contributed by atoms with Gasteiger partial charge in [0.2, 0.25) is 0 Å². The molecule has 0 saturated carbocycles. The quantitative estimate of drug-likeness (QED) is 0.728. The summed E-state index contributed by atoms with van der Waals surface area (Å²) in [6, 6.07) is 4.44. The van der Waals surface area contributed by atoms with Crippen LogP contribution in [0.2, 0.25) is 0 Å². The molecule has 1 nitrogen and oxygen atoms in total. The molecule has 90 valence electrons. The van der Waals surface area contributed by atoms with Crippen LogP contribution in [0.15, 0.2) is 12.1 Å². The lowest BCUT2D eigenvalue weighted by Gasteiger charge is -2.23. The van der Waals surface area contributed by atoms with Gasteiger partial charge in [-0.25, -0.2) is 0 Å². The average molecular weight is 303 g/mol. The van der Waals surface area contributed by atoms with Gasteiger partial charge in [0.15, 0.2) is 0 Å². The molecule has 1 aromatic rings. The number of aryl methyl sites for hydroxylation is 1. The van der Waals surface area contributed by atoms with Crippen LogP contribution in [0.1, 0.15) is 35.4 Å². The van der Waals surface area contributed by atoms with Crippen LogP contribution in [0.25, 0.3) is 0 Å². The standard InChI is InChI=1S/C13H19BrOS/c1-7-5-6-11(16-7)13(14)12-8(2)9(3)15-10(12)4/h5-6,8-10,12-13H,1-4H3. The molecule has 5 atom stereocenters. The second-order valence-electron chi connectivity index (χ2n) is 4.83. The zero-order chi connectivity index (χ0) is 11.9. The number of halogens is 1. The molecule has 0 spiro atoms. The normalized spacial score (nSPS) is 36.6. The van der Waals surface area contributed by atoms with Crippen molar-refractivity contribution in [2.24, 2.45) is 11.8 Å². The molecule has 1 fully saturated rings. The van der Waals surface area contributed by atoms with E-state index in [2.05, 4.69) is 55.8 Å². The van der Waals surface area contributed by atoms with Gasteiger partial charge in [-0.15, -0.1) is 11.3 Å². The molecule has 0 aromatic carbocycles. The highest BCUT2D eigenvalue weighted by Crippen LogP contribution is 2.46. The van der Waals surface area contributed by atoms with Crippen molar-refractivity contribution in [2.45, 2.75) is 44.7 Å². The van der Waals surface area contributed by atoms with Crippen LogP contribution in [0.5, 0.6) is 0 Å².